The Labute approximate surface area is 163 Å². The highest BCUT2D eigenvalue weighted by atomic mass is 16.5. The number of aromatic nitrogens is 2. The quantitative estimate of drug-likeness (QED) is 0.678. The first-order chi connectivity index (χ1) is 13.5. The molecule has 0 radical (unpaired) electrons. The number of hydrogen-bond donors (Lipinski definition) is 1. The van der Waals surface area contributed by atoms with E-state index >= 15 is 0 Å². The SMILES string of the molecule is COc1cc(C(=O)Nc2ccn(Cc3ccc(C)cc3)n2)cc(OC)c1OC. The molecule has 146 valence electrons. The van der Waals surface area contributed by atoms with E-state index in [1.807, 2.05) is 6.20 Å². The van der Waals surface area contributed by atoms with Crippen LogP contribution in [0, 0.1) is 6.92 Å². The van der Waals surface area contributed by atoms with E-state index in [0.29, 0.717) is 35.2 Å². The zero-order chi connectivity index (χ0) is 20.1. The second-order valence-electron chi connectivity index (χ2n) is 6.25. The van der Waals surface area contributed by atoms with Crippen molar-refractivity contribution >= 4 is 11.7 Å². The summed E-state index contributed by atoms with van der Waals surface area (Å²) in [5.41, 5.74) is 2.72. The number of carbonyl (C=O) groups is 1. The van der Waals surface area contributed by atoms with Crippen molar-refractivity contribution in [2.75, 3.05) is 26.6 Å². The van der Waals surface area contributed by atoms with Crippen LogP contribution in [-0.4, -0.2) is 37.0 Å². The van der Waals surface area contributed by atoms with Crippen LogP contribution in [0.3, 0.4) is 0 Å². The molecule has 7 nitrogen and oxygen atoms in total. The number of methoxy groups -OCH3 is 3. The van der Waals surface area contributed by atoms with Crippen LogP contribution < -0.4 is 19.5 Å². The maximum atomic E-state index is 12.6. The molecule has 0 bridgehead atoms. The van der Waals surface area contributed by atoms with E-state index in [-0.39, 0.29) is 5.91 Å². The Balaban J connectivity index is 1.74. The van der Waals surface area contributed by atoms with Gasteiger partial charge in [-0.25, -0.2) is 0 Å². The molecular weight excluding hydrogens is 358 g/mol. The molecule has 0 spiro atoms. The van der Waals surface area contributed by atoms with E-state index in [9.17, 15) is 4.79 Å². The number of hydrogen-bond acceptors (Lipinski definition) is 5. The van der Waals surface area contributed by atoms with E-state index < -0.39 is 0 Å². The predicted molar refractivity (Wildman–Crippen MR) is 107 cm³/mol. The second-order valence-corrected chi connectivity index (χ2v) is 6.25. The Morgan fingerprint density at radius 1 is 1.00 bits per heavy atom. The Hall–Kier alpha value is -3.48. The molecule has 0 aliphatic carbocycles. The third-order valence-corrected chi connectivity index (χ3v) is 4.27. The summed E-state index contributed by atoms with van der Waals surface area (Å²) in [7, 11) is 4.53. The Kier molecular flexibility index (Phi) is 5.84. The molecule has 7 heteroatoms. The number of benzene rings is 2. The highest BCUT2D eigenvalue weighted by molar-refractivity contribution is 6.04. The molecule has 1 amide bonds. The zero-order valence-electron chi connectivity index (χ0n) is 16.4. The molecule has 0 saturated carbocycles. The van der Waals surface area contributed by atoms with Gasteiger partial charge in [-0.2, -0.15) is 5.10 Å². The second kappa shape index (κ2) is 8.47. The van der Waals surface area contributed by atoms with Gasteiger partial charge in [-0.05, 0) is 24.6 Å². The van der Waals surface area contributed by atoms with E-state index in [1.165, 1.54) is 26.9 Å². The van der Waals surface area contributed by atoms with Gasteiger partial charge in [0.2, 0.25) is 5.75 Å². The third-order valence-electron chi connectivity index (χ3n) is 4.27. The summed E-state index contributed by atoms with van der Waals surface area (Å²) in [5.74, 6) is 1.41. The average Bonchev–Trinajstić information content (AvgIpc) is 3.15. The van der Waals surface area contributed by atoms with E-state index in [4.69, 9.17) is 14.2 Å². The minimum atomic E-state index is -0.320. The lowest BCUT2D eigenvalue weighted by atomic mass is 10.1. The van der Waals surface area contributed by atoms with Gasteiger partial charge < -0.3 is 19.5 Å². The summed E-state index contributed by atoms with van der Waals surface area (Å²) in [6, 6.07) is 13.2. The fourth-order valence-corrected chi connectivity index (χ4v) is 2.80. The van der Waals surface area contributed by atoms with Crippen LogP contribution in [0.15, 0.2) is 48.7 Å². The molecule has 1 heterocycles. The number of rotatable bonds is 7. The first kappa shape index (κ1) is 19.3. The van der Waals surface area contributed by atoms with Crippen LogP contribution >= 0.6 is 0 Å². The average molecular weight is 381 g/mol. The van der Waals surface area contributed by atoms with Gasteiger partial charge in [0.1, 0.15) is 0 Å². The minimum absolute atomic E-state index is 0.320. The summed E-state index contributed by atoms with van der Waals surface area (Å²) >= 11 is 0. The normalized spacial score (nSPS) is 10.4. The van der Waals surface area contributed by atoms with Gasteiger partial charge in [0.25, 0.3) is 5.91 Å². The number of anilines is 1. The maximum Gasteiger partial charge on any atom is 0.257 e. The van der Waals surface area contributed by atoms with Crippen molar-refractivity contribution in [1.29, 1.82) is 0 Å². The van der Waals surface area contributed by atoms with Crippen molar-refractivity contribution in [3.8, 4) is 17.2 Å². The number of amides is 1. The topological polar surface area (TPSA) is 74.6 Å². The lowest BCUT2D eigenvalue weighted by Gasteiger charge is -2.13. The monoisotopic (exact) mass is 381 g/mol. The van der Waals surface area contributed by atoms with Crippen molar-refractivity contribution in [2.45, 2.75) is 13.5 Å². The molecule has 0 aliphatic rings. The molecule has 0 unspecified atom stereocenters. The number of carbonyl (C=O) groups excluding carboxylic acids is 1. The van der Waals surface area contributed by atoms with Crippen molar-refractivity contribution in [1.82, 2.24) is 9.78 Å². The largest absolute Gasteiger partial charge is 0.493 e. The van der Waals surface area contributed by atoms with Crippen molar-refractivity contribution < 1.29 is 19.0 Å². The van der Waals surface area contributed by atoms with Crippen LogP contribution in [0.25, 0.3) is 0 Å². The Bertz CT molecular complexity index is 939. The molecule has 28 heavy (non-hydrogen) atoms. The van der Waals surface area contributed by atoms with Gasteiger partial charge in [-0.3, -0.25) is 9.48 Å². The van der Waals surface area contributed by atoms with Crippen LogP contribution in [0.5, 0.6) is 17.2 Å². The van der Waals surface area contributed by atoms with Crippen LogP contribution in [0.2, 0.25) is 0 Å². The molecule has 1 aromatic heterocycles. The zero-order valence-corrected chi connectivity index (χ0v) is 16.4. The lowest BCUT2D eigenvalue weighted by Crippen LogP contribution is -2.13. The third kappa shape index (κ3) is 4.25. The van der Waals surface area contributed by atoms with Gasteiger partial charge in [0, 0.05) is 17.8 Å². The van der Waals surface area contributed by atoms with Gasteiger partial charge in [-0.1, -0.05) is 29.8 Å². The highest BCUT2D eigenvalue weighted by Gasteiger charge is 2.17. The number of aryl methyl sites for hydroxylation is 1. The first-order valence-corrected chi connectivity index (χ1v) is 8.74. The molecule has 3 aromatic rings. The van der Waals surface area contributed by atoms with Crippen molar-refractivity contribution in [2.24, 2.45) is 0 Å². The van der Waals surface area contributed by atoms with Gasteiger partial charge in [0.15, 0.2) is 17.3 Å². The minimum Gasteiger partial charge on any atom is -0.493 e. The molecular formula is C21H23N3O4. The van der Waals surface area contributed by atoms with Crippen LogP contribution in [0.4, 0.5) is 5.82 Å². The fraction of sp³-hybridized carbons (Fsp3) is 0.238. The predicted octanol–water partition coefficient (Wildman–Crippen LogP) is 3.52. The molecule has 3 rings (SSSR count). The van der Waals surface area contributed by atoms with Crippen molar-refractivity contribution in [3.05, 3.63) is 65.4 Å². The first-order valence-electron chi connectivity index (χ1n) is 8.74. The summed E-state index contributed by atoms with van der Waals surface area (Å²) < 4.78 is 17.6. The maximum absolute atomic E-state index is 12.6. The van der Waals surface area contributed by atoms with Crippen LogP contribution in [0.1, 0.15) is 21.5 Å². The standard InChI is InChI=1S/C21H23N3O4/c1-14-5-7-15(8-6-14)13-24-10-9-19(23-24)22-21(25)16-11-17(26-2)20(28-4)18(12-16)27-3/h5-12H,13H2,1-4H3,(H,22,23,25). The number of ether oxygens (including phenoxy) is 3. The summed E-state index contributed by atoms with van der Waals surface area (Å²) in [6.07, 6.45) is 1.82. The van der Waals surface area contributed by atoms with E-state index in [1.54, 1.807) is 22.9 Å². The molecule has 0 fully saturated rings. The van der Waals surface area contributed by atoms with Gasteiger partial charge in [0.05, 0.1) is 27.9 Å². The molecule has 0 saturated heterocycles. The number of nitrogens with zero attached hydrogens (tertiary/aromatic N) is 2. The van der Waals surface area contributed by atoms with E-state index in [0.717, 1.165) is 5.56 Å². The Morgan fingerprint density at radius 2 is 1.64 bits per heavy atom. The lowest BCUT2D eigenvalue weighted by molar-refractivity contribution is 0.102. The van der Waals surface area contributed by atoms with E-state index in [2.05, 4.69) is 41.6 Å². The summed E-state index contributed by atoms with van der Waals surface area (Å²) in [4.78, 5) is 12.6. The van der Waals surface area contributed by atoms with Crippen molar-refractivity contribution in [3.63, 3.8) is 0 Å². The number of nitrogens with one attached hydrogen (secondary N) is 1. The van der Waals surface area contributed by atoms with Gasteiger partial charge in [-0.15, -0.1) is 0 Å². The summed E-state index contributed by atoms with van der Waals surface area (Å²) in [6.45, 7) is 2.68. The highest BCUT2D eigenvalue weighted by Crippen LogP contribution is 2.38. The molecule has 1 N–H and O–H groups in total. The fourth-order valence-electron chi connectivity index (χ4n) is 2.80. The smallest absolute Gasteiger partial charge is 0.257 e. The van der Waals surface area contributed by atoms with Gasteiger partial charge >= 0.3 is 0 Å². The Morgan fingerprint density at radius 3 is 2.21 bits per heavy atom. The molecule has 0 aliphatic heterocycles. The summed E-state index contributed by atoms with van der Waals surface area (Å²) in [5, 5.41) is 7.20. The van der Waals surface area contributed by atoms with Crippen LogP contribution in [-0.2, 0) is 6.54 Å². The molecule has 0 atom stereocenters. The molecule has 2 aromatic carbocycles.